The largest absolute Gasteiger partial charge is 0.573 e. The lowest BCUT2D eigenvalue weighted by Gasteiger charge is -2.28. The number of hydroxylamine groups is 1. The summed E-state index contributed by atoms with van der Waals surface area (Å²) in [6.45, 7) is 5.05. The van der Waals surface area contributed by atoms with Crippen LogP contribution in [-0.2, 0) is 14.6 Å². The molecule has 0 aromatic heterocycles. The topological polar surface area (TPSA) is 102 Å². The van der Waals surface area contributed by atoms with E-state index >= 15 is 0 Å². The molecule has 2 aromatic rings. The van der Waals surface area contributed by atoms with Crippen LogP contribution >= 0.6 is 0 Å². The summed E-state index contributed by atoms with van der Waals surface area (Å²) >= 11 is 0. The number of nitrogens with one attached hydrogen (secondary N) is 1. The van der Waals surface area contributed by atoms with E-state index in [2.05, 4.69) is 4.74 Å². The Morgan fingerprint density at radius 3 is 1.84 bits per heavy atom. The van der Waals surface area contributed by atoms with Crippen molar-refractivity contribution in [1.82, 2.24) is 5.48 Å². The molecule has 0 saturated heterocycles. The van der Waals surface area contributed by atoms with Crippen LogP contribution in [0.3, 0.4) is 0 Å². The fourth-order valence-electron chi connectivity index (χ4n) is 2.67. The molecule has 2 aromatic carbocycles. The molecule has 1 unspecified atom stereocenters. The monoisotopic (exact) mass is 461 g/mol. The summed E-state index contributed by atoms with van der Waals surface area (Å²) in [7, 11) is -3.86. The van der Waals surface area contributed by atoms with E-state index in [0.29, 0.717) is 0 Å². The smallest absolute Gasteiger partial charge is 0.457 e. The Bertz CT molecular complexity index is 997. The summed E-state index contributed by atoms with van der Waals surface area (Å²) in [4.78, 5) is 11.9. The van der Waals surface area contributed by atoms with Crippen LogP contribution in [0.2, 0.25) is 0 Å². The molecular weight excluding hydrogens is 439 g/mol. The molecule has 0 radical (unpaired) electrons. The Hall–Kier alpha value is -2.79. The third-order valence-corrected chi connectivity index (χ3v) is 6.10. The predicted molar refractivity (Wildman–Crippen MR) is 105 cm³/mol. The van der Waals surface area contributed by atoms with Gasteiger partial charge < -0.3 is 9.47 Å². The predicted octanol–water partition coefficient (Wildman–Crippen LogP) is 4.32. The van der Waals surface area contributed by atoms with Crippen molar-refractivity contribution in [1.29, 1.82) is 0 Å². The van der Waals surface area contributed by atoms with Crippen molar-refractivity contribution in [3.63, 3.8) is 0 Å². The first-order valence-corrected chi connectivity index (χ1v) is 10.7. The van der Waals surface area contributed by atoms with Crippen molar-refractivity contribution in [2.24, 2.45) is 11.3 Å². The number of amides is 1. The molecule has 0 bridgehead atoms. The molecule has 170 valence electrons. The Labute approximate surface area is 177 Å². The van der Waals surface area contributed by atoms with Gasteiger partial charge >= 0.3 is 6.36 Å². The lowest BCUT2D eigenvalue weighted by molar-refractivity contribution is -0.274. The van der Waals surface area contributed by atoms with Gasteiger partial charge in [-0.1, -0.05) is 20.8 Å². The lowest BCUT2D eigenvalue weighted by atomic mass is 9.81. The van der Waals surface area contributed by atoms with E-state index in [4.69, 9.17) is 9.94 Å². The fraction of sp³-hybridized carbons (Fsp3) is 0.350. The molecule has 0 aliphatic carbocycles. The van der Waals surface area contributed by atoms with Gasteiger partial charge in [-0.05, 0) is 53.9 Å². The number of hydrogen-bond acceptors (Lipinski definition) is 6. The molecule has 0 heterocycles. The fourth-order valence-corrected chi connectivity index (χ4v) is 4.51. The van der Waals surface area contributed by atoms with Crippen molar-refractivity contribution < 1.29 is 41.1 Å². The molecule has 0 fully saturated rings. The van der Waals surface area contributed by atoms with Crippen molar-refractivity contribution in [3.8, 4) is 17.2 Å². The number of ether oxygens (including phenoxy) is 2. The van der Waals surface area contributed by atoms with Gasteiger partial charge in [-0.25, -0.2) is 13.9 Å². The molecule has 1 amide bonds. The Balaban J connectivity index is 2.12. The number of halogens is 3. The first-order valence-electron chi connectivity index (χ1n) is 9.02. The number of benzene rings is 2. The number of carbonyl (C=O) groups excluding carboxylic acids is 1. The van der Waals surface area contributed by atoms with Crippen molar-refractivity contribution in [2.75, 3.05) is 5.75 Å². The zero-order valence-electron chi connectivity index (χ0n) is 16.9. The van der Waals surface area contributed by atoms with Gasteiger partial charge in [0.05, 0.1) is 16.6 Å². The first-order chi connectivity index (χ1) is 14.2. The lowest BCUT2D eigenvalue weighted by Crippen LogP contribution is -2.40. The van der Waals surface area contributed by atoms with Crippen LogP contribution in [0, 0.1) is 11.3 Å². The van der Waals surface area contributed by atoms with Crippen LogP contribution < -0.4 is 15.0 Å². The SMILES string of the molecule is CC(C)(C)C(CS(=O)(=O)c1ccc(Oc2ccc(OC(F)(F)F)cc2)cc1)C(=O)NO. The third kappa shape index (κ3) is 7.14. The molecule has 0 aliphatic heterocycles. The maximum absolute atomic E-state index is 12.7. The van der Waals surface area contributed by atoms with Crippen molar-refractivity contribution in [3.05, 3.63) is 48.5 Å². The summed E-state index contributed by atoms with van der Waals surface area (Å²) in [5.41, 5.74) is 0.786. The number of alkyl halides is 3. The van der Waals surface area contributed by atoms with Gasteiger partial charge in [0.15, 0.2) is 9.84 Å². The standard InChI is InChI=1S/C20H22F3NO6S/c1-19(2,3)17(18(25)24-26)12-31(27,28)16-10-8-14(9-11-16)29-13-4-6-15(7-5-13)30-20(21,22)23/h4-11,17,26H,12H2,1-3H3,(H,24,25). The highest BCUT2D eigenvalue weighted by molar-refractivity contribution is 7.91. The van der Waals surface area contributed by atoms with Gasteiger partial charge in [-0.15, -0.1) is 13.2 Å². The molecule has 0 aliphatic rings. The van der Waals surface area contributed by atoms with Gasteiger partial charge in [-0.2, -0.15) is 0 Å². The molecule has 0 saturated carbocycles. The average molecular weight is 461 g/mol. The maximum atomic E-state index is 12.7. The number of rotatable bonds is 7. The van der Waals surface area contributed by atoms with Gasteiger partial charge in [0.1, 0.15) is 17.2 Å². The van der Waals surface area contributed by atoms with E-state index in [1.807, 2.05) is 0 Å². The normalized spacial score (nSPS) is 13.4. The molecule has 0 spiro atoms. The maximum Gasteiger partial charge on any atom is 0.573 e. The highest BCUT2D eigenvalue weighted by Crippen LogP contribution is 2.31. The zero-order chi connectivity index (χ0) is 23.4. The van der Waals surface area contributed by atoms with Crippen molar-refractivity contribution in [2.45, 2.75) is 32.0 Å². The average Bonchev–Trinajstić information content (AvgIpc) is 2.65. The Morgan fingerprint density at radius 1 is 0.968 bits per heavy atom. The summed E-state index contributed by atoms with van der Waals surface area (Å²) < 4.78 is 71.3. The molecule has 11 heteroatoms. The molecule has 2 rings (SSSR count). The second-order valence-corrected chi connectivity index (χ2v) is 9.80. The minimum absolute atomic E-state index is 0.0474. The second kappa shape index (κ2) is 9.15. The highest BCUT2D eigenvalue weighted by atomic mass is 32.2. The summed E-state index contributed by atoms with van der Waals surface area (Å²) in [5, 5.41) is 8.91. The van der Waals surface area contributed by atoms with E-state index in [9.17, 15) is 26.4 Å². The molecule has 2 N–H and O–H groups in total. The van der Waals surface area contributed by atoms with E-state index in [1.54, 1.807) is 20.8 Å². The first kappa shape index (κ1) is 24.5. The van der Waals surface area contributed by atoms with Crippen LogP contribution in [0.4, 0.5) is 13.2 Å². The Kier molecular flexibility index (Phi) is 7.22. The minimum Gasteiger partial charge on any atom is -0.457 e. The highest BCUT2D eigenvalue weighted by Gasteiger charge is 2.36. The summed E-state index contributed by atoms with van der Waals surface area (Å²) in [6.07, 6.45) is -4.80. The van der Waals surface area contributed by atoms with E-state index < -0.39 is 44.9 Å². The summed E-state index contributed by atoms with van der Waals surface area (Å²) in [5.74, 6) is -2.23. The van der Waals surface area contributed by atoms with Crippen molar-refractivity contribution >= 4 is 15.7 Å². The van der Waals surface area contributed by atoms with E-state index in [-0.39, 0.29) is 16.4 Å². The van der Waals surface area contributed by atoms with E-state index in [1.165, 1.54) is 41.9 Å². The van der Waals surface area contributed by atoms with Crippen LogP contribution in [-0.4, -0.2) is 31.6 Å². The molecule has 31 heavy (non-hydrogen) atoms. The summed E-state index contributed by atoms with van der Waals surface area (Å²) in [6, 6.07) is 10.1. The van der Waals surface area contributed by atoms with Crippen LogP contribution in [0.5, 0.6) is 17.2 Å². The van der Waals surface area contributed by atoms with Gasteiger partial charge in [0.2, 0.25) is 5.91 Å². The van der Waals surface area contributed by atoms with Crippen LogP contribution in [0.25, 0.3) is 0 Å². The van der Waals surface area contributed by atoms with Gasteiger partial charge in [0.25, 0.3) is 0 Å². The Morgan fingerprint density at radius 2 is 1.42 bits per heavy atom. The van der Waals surface area contributed by atoms with Gasteiger partial charge in [-0.3, -0.25) is 10.0 Å². The third-order valence-electron chi connectivity index (χ3n) is 4.33. The quantitative estimate of drug-likeness (QED) is 0.470. The zero-order valence-corrected chi connectivity index (χ0v) is 17.8. The number of hydrogen-bond donors (Lipinski definition) is 2. The molecular formula is C20H22F3NO6S. The molecule has 7 nitrogen and oxygen atoms in total. The van der Waals surface area contributed by atoms with Crippen LogP contribution in [0.15, 0.2) is 53.4 Å². The number of sulfone groups is 1. The second-order valence-electron chi connectivity index (χ2n) is 7.77. The van der Waals surface area contributed by atoms with Crippen LogP contribution in [0.1, 0.15) is 20.8 Å². The number of carbonyl (C=O) groups is 1. The minimum atomic E-state index is -4.80. The molecule has 1 atom stereocenters. The van der Waals surface area contributed by atoms with E-state index in [0.717, 1.165) is 12.1 Å². The van der Waals surface area contributed by atoms with Gasteiger partial charge in [0, 0.05) is 0 Å².